The Hall–Kier alpha value is 0.288. The van der Waals surface area contributed by atoms with E-state index in [1.165, 1.54) is 19.3 Å². The van der Waals surface area contributed by atoms with E-state index in [0.29, 0.717) is 0 Å². The molecule has 0 spiro atoms. The van der Waals surface area contributed by atoms with Crippen molar-refractivity contribution in [3.05, 3.63) is 0 Å². The molecule has 1 nitrogen and oxygen atoms in total. The number of hydrogen-bond donors (Lipinski definition) is 0. The fourth-order valence-electron chi connectivity index (χ4n) is 0.654. The molecule has 0 N–H and O–H groups in total. The van der Waals surface area contributed by atoms with Crippen molar-refractivity contribution in [2.75, 3.05) is 0 Å². The van der Waals surface area contributed by atoms with E-state index in [2.05, 4.69) is 6.92 Å². The van der Waals surface area contributed by atoms with Gasteiger partial charge in [-0.05, 0) is 6.42 Å². The Balaban J connectivity index is -0.0000000740. The molecule has 0 radical (unpaired) electrons. The van der Waals surface area contributed by atoms with Gasteiger partial charge < -0.3 is 4.79 Å². The molecule has 0 aliphatic heterocycles. The Morgan fingerprint density at radius 1 is 1.08 bits per heavy atom. The number of carbonyl (C=O) groups is 1. The first-order valence-electron chi connectivity index (χ1n) is 4.35. The maximum Gasteiger partial charge on any atom is 0.119 e. The van der Waals surface area contributed by atoms with Crippen molar-refractivity contribution < 1.29 is 30.6 Å². The largest absolute Gasteiger partial charge is 0.303 e. The Morgan fingerprint density at radius 2 is 1.58 bits per heavy atom. The minimum absolute atomic E-state index is 0. The van der Waals surface area contributed by atoms with Crippen molar-refractivity contribution in [2.45, 2.75) is 52.9 Å². The molecule has 0 amide bonds. The van der Waals surface area contributed by atoms with Gasteiger partial charge in [-0.1, -0.05) is 40.0 Å². The third-order valence-corrected chi connectivity index (χ3v) is 1.18. The second-order valence-electron chi connectivity index (χ2n) is 2.02. The molecule has 0 aromatic carbocycles. The van der Waals surface area contributed by atoms with Crippen molar-refractivity contribution in [3.63, 3.8) is 0 Å². The predicted octanol–water partition coefficient (Wildman–Crippen LogP) is 3.33. The predicted molar refractivity (Wildman–Crippen MR) is 48.7 cm³/mol. The maximum absolute atomic E-state index is 9.77. The van der Waals surface area contributed by atoms with E-state index in [-0.39, 0.29) is 25.8 Å². The number of hydrogen-bond acceptors (Lipinski definition) is 1. The summed E-state index contributed by atoms with van der Waals surface area (Å²) in [6.45, 7) is 6.17. The summed E-state index contributed by atoms with van der Waals surface area (Å²) in [6, 6.07) is 0. The Kier molecular flexibility index (Phi) is 57.4. The van der Waals surface area contributed by atoms with Gasteiger partial charge in [-0.25, -0.2) is 0 Å². The van der Waals surface area contributed by atoms with Gasteiger partial charge in [-0.15, -0.1) is 0 Å². The molecule has 0 aromatic rings. The molecule has 3 heteroatoms. The van der Waals surface area contributed by atoms with Crippen LogP contribution in [0.25, 0.3) is 0 Å². The van der Waals surface area contributed by atoms with Crippen LogP contribution in [-0.2, 0) is 25.9 Å². The molecule has 0 saturated heterocycles. The fourth-order valence-corrected chi connectivity index (χ4v) is 0.654. The topological polar surface area (TPSA) is 17.1 Å². The van der Waals surface area contributed by atoms with Gasteiger partial charge in [0.05, 0.1) is 0 Å². The van der Waals surface area contributed by atoms with Crippen LogP contribution < -0.4 is 0 Å². The molecule has 0 aliphatic carbocycles. The van der Waals surface area contributed by atoms with Crippen LogP contribution in [0.15, 0.2) is 0 Å². The van der Waals surface area contributed by atoms with Crippen molar-refractivity contribution in [1.82, 2.24) is 0 Å². The quantitative estimate of drug-likeness (QED) is 0.550. The van der Waals surface area contributed by atoms with Gasteiger partial charge in [-0.3, -0.25) is 4.70 Å². The van der Waals surface area contributed by atoms with Crippen molar-refractivity contribution in [2.24, 2.45) is 0 Å². The number of aldehydes is 1. The van der Waals surface area contributed by atoms with E-state index in [4.69, 9.17) is 0 Å². The van der Waals surface area contributed by atoms with Crippen LogP contribution in [0.5, 0.6) is 0 Å². The maximum atomic E-state index is 9.77. The number of carbonyl (C=O) groups excluding carboxylic acids is 1. The summed E-state index contributed by atoms with van der Waals surface area (Å²) in [7, 11) is 0. The molecule has 0 fully saturated rings. The summed E-state index contributed by atoms with van der Waals surface area (Å²) in [4.78, 5) is 9.77. The molecular weight excluding hydrogens is 327 g/mol. The monoisotopic (exact) mass is 348 g/mol. The zero-order chi connectivity index (χ0) is 8.24. The first-order valence-corrected chi connectivity index (χ1v) is 4.35. The fraction of sp³-hybridized carbons (Fsp3) is 0.889. The van der Waals surface area contributed by atoms with E-state index in [9.17, 15) is 4.79 Å². The van der Waals surface area contributed by atoms with Crippen molar-refractivity contribution >= 4 is 6.29 Å². The van der Waals surface area contributed by atoms with Gasteiger partial charge in [-0.2, -0.15) is 0 Å². The molecule has 0 rings (SSSR count). The number of unbranched alkanes of at least 4 members (excludes halogenated alkanes) is 4. The average Bonchev–Trinajstić information content (AvgIpc) is 2.02. The molecule has 76 valence electrons. The summed E-state index contributed by atoms with van der Waals surface area (Å²) in [6.07, 6.45) is 6.56. The van der Waals surface area contributed by atoms with Crippen molar-refractivity contribution in [1.29, 1.82) is 0 Å². The second kappa shape index (κ2) is 30.2. The Labute approximate surface area is 89.9 Å². The first-order chi connectivity index (χ1) is 4.91. The van der Waals surface area contributed by atoms with Crippen LogP contribution in [0, 0.1) is 0 Å². The molecule has 0 bridgehead atoms. The second-order valence-corrected chi connectivity index (χ2v) is 2.02. The smallest absolute Gasteiger partial charge is 0.119 e. The minimum Gasteiger partial charge on any atom is -0.303 e. The van der Waals surface area contributed by atoms with E-state index in [0.717, 1.165) is 19.1 Å². The van der Waals surface area contributed by atoms with Crippen molar-refractivity contribution in [3.8, 4) is 0 Å². The van der Waals surface area contributed by atoms with E-state index < -0.39 is 0 Å². The van der Waals surface area contributed by atoms with Gasteiger partial charge >= 0.3 is 0 Å². The third-order valence-electron chi connectivity index (χ3n) is 1.18. The van der Waals surface area contributed by atoms with Gasteiger partial charge in [0.25, 0.3) is 0 Å². The molecule has 0 aliphatic rings. The van der Waals surface area contributed by atoms with E-state index in [1.807, 2.05) is 13.8 Å². The number of rotatable bonds is 5. The van der Waals surface area contributed by atoms with E-state index >= 15 is 0 Å². The van der Waals surface area contributed by atoms with E-state index in [1.54, 1.807) is 0 Å². The van der Waals surface area contributed by atoms with Crippen LogP contribution in [0.4, 0.5) is 4.70 Å². The molecule has 0 unspecified atom stereocenters. The average molecular weight is 348 g/mol. The molecule has 0 aromatic heterocycles. The van der Waals surface area contributed by atoms with Gasteiger partial charge in [0.1, 0.15) is 6.29 Å². The molecule has 0 heterocycles. The first kappa shape index (κ1) is 22.8. The third kappa shape index (κ3) is 31.7. The van der Waals surface area contributed by atoms with Gasteiger partial charge in [0, 0.05) is 27.5 Å². The zero-order valence-electron chi connectivity index (χ0n) is 8.34. The van der Waals surface area contributed by atoms with Crippen LogP contribution in [-0.4, -0.2) is 6.29 Å². The summed E-state index contributed by atoms with van der Waals surface area (Å²) in [5, 5.41) is 0. The van der Waals surface area contributed by atoms with Crippen LogP contribution in [0.1, 0.15) is 52.9 Å². The Morgan fingerprint density at radius 3 is 1.92 bits per heavy atom. The molecule has 0 atom stereocenters. The summed E-state index contributed by atoms with van der Waals surface area (Å²) in [5.74, 6) is 0. The molecule has 0 saturated carbocycles. The van der Waals surface area contributed by atoms with Gasteiger partial charge in [0.2, 0.25) is 0 Å². The summed E-state index contributed by atoms with van der Waals surface area (Å²) < 4.78 is 0. The Bertz CT molecular complexity index is 60.5. The zero-order valence-corrected chi connectivity index (χ0v) is 11.3. The molecule has 12 heavy (non-hydrogen) atoms. The normalized spacial score (nSPS) is 6.58. The van der Waals surface area contributed by atoms with Crippen LogP contribution in [0.3, 0.4) is 0 Å². The number of halogens is 1. The summed E-state index contributed by atoms with van der Waals surface area (Å²) in [5.41, 5.74) is 0. The molecular formula is C9H21FOW. The standard InChI is InChI=1S/C7H14O.C2H6.FH.W/c1-2-3-4-5-6-7-8;1-2;;/h7H,2-6H2,1H3;1-2H3;1H;. The van der Waals surface area contributed by atoms with Crippen LogP contribution >= 0.6 is 0 Å². The van der Waals surface area contributed by atoms with Crippen LogP contribution in [0.2, 0.25) is 0 Å². The minimum atomic E-state index is 0. The van der Waals surface area contributed by atoms with Gasteiger partial charge in [0.15, 0.2) is 0 Å². The SMILES string of the molecule is CC.CCCCCCC=O.F.[W]. The summed E-state index contributed by atoms with van der Waals surface area (Å²) >= 11 is 0.